The number of aromatic hydroxyl groups is 1. The highest BCUT2D eigenvalue weighted by Crippen LogP contribution is 2.63. The van der Waals surface area contributed by atoms with E-state index in [1.807, 2.05) is 12.1 Å². The summed E-state index contributed by atoms with van der Waals surface area (Å²) in [6.45, 7) is 3.17. The summed E-state index contributed by atoms with van der Waals surface area (Å²) < 4.78 is 5.30. The first-order valence-corrected chi connectivity index (χ1v) is 10.0. The van der Waals surface area contributed by atoms with Crippen LogP contribution in [0.5, 0.6) is 5.75 Å². The summed E-state index contributed by atoms with van der Waals surface area (Å²) in [5.41, 5.74) is 2.91. The molecule has 138 valence electrons. The zero-order valence-corrected chi connectivity index (χ0v) is 15.6. The number of fused-ring (bicyclic) bond motifs is 5. The monoisotopic (exact) mass is 344 g/mol. The lowest BCUT2D eigenvalue weighted by Gasteiger charge is -2.54. The molecule has 0 heterocycles. The minimum Gasteiger partial charge on any atom is -0.508 e. The van der Waals surface area contributed by atoms with Crippen molar-refractivity contribution >= 4 is 0 Å². The number of aliphatic hydroxyl groups is 1. The van der Waals surface area contributed by atoms with E-state index in [0.29, 0.717) is 29.4 Å². The highest BCUT2D eigenvalue weighted by molar-refractivity contribution is 5.40. The summed E-state index contributed by atoms with van der Waals surface area (Å²) in [5, 5.41) is 20.6. The van der Waals surface area contributed by atoms with E-state index in [2.05, 4.69) is 13.0 Å². The van der Waals surface area contributed by atoms with Gasteiger partial charge in [-0.25, -0.2) is 0 Å². The summed E-state index contributed by atoms with van der Waals surface area (Å²) in [4.78, 5) is 0. The number of hydrogen-bond acceptors (Lipinski definition) is 3. The van der Waals surface area contributed by atoms with Gasteiger partial charge in [0.15, 0.2) is 0 Å². The lowest BCUT2D eigenvalue weighted by molar-refractivity contribution is -0.0508. The van der Waals surface area contributed by atoms with Crippen LogP contribution in [0, 0.1) is 23.2 Å². The maximum Gasteiger partial charge on any atom is 0.115 e. The Balaban J connectivity index is 1.70. The second-order valence-corrected chi connectivity index (χ2v) is 8.92. The molecule has 25 heavy (non-hydrogen) atoms. The standard InChI is InChI=1S/C22H32O3/c1-22-13-15(4-3-11-25-2)21-17-8-6-16(23)12-14(17)5-7-18(21)19(22)9-10-20(22)24/h6,8,12,15,18-21,23-24H,3-5,7,9-11,13H2,1-2H3/t15-,18?,19?,20?,21?,22?/m0/s1. The molecule has 3 aliphatic carbocycles. The third-order valence-electron chi connectivity index (χ3n) is 7.70. The molecule has 0 spiro atoms. The number of rotatable bonds is 4. The van der Waals surface area contributed by atoms with Gasteiger partial charge < -0.3 is 14.9 Å². The van der Waals surface area contributed by atoms with Gasteiger partial charge in [-0.3, -0.25) is 0 Å². The molecule has 3 aliphatic rings. The van der Waals surface area contributed by atoms with Gasteiger partial charge in [-0.1, -0.05) is 13.0 Å². The molecule has 0 radical (unpaired) electrons. The van der Waals surface area contributed by atoms with Gasteiger partial charge in [0.05, 0.1) is 6.10 Å². The molecule has 4 rings (SSSR count). The van der Waals surface area contributed by atoms with Crippen LogP contribution in [0.1, 0.15) is 62.5 Å². The minimum atomic E-state index is -0.135. The predicted molar refractivity (Wildman–Crippen MR) is 98.7 cm³/mol. The minimum absolute atomic E-state index is 0.0906. The van der Waals surface area contributed by atoms with E-state index >= 15 is 0 Å². The fraction of sp³-hybridized carbons (Fsp3) is 0.727. The summed E-state index contributed by atoms with van der Waals surface area (Å²) >= 11 is 0. The molecule has 0 amide bonds. The normalized spacial score (nSPS) is 39.6. The highest BCUT2D eigenvalue weighted by Gasteiger charge is 2.57. The Morgan fingerprint density at radius 2 is 2.08 bits per heavy atom. The Bertz CT molecular complexity index is 628. The summed E-state index contributed by atoms with van der Waals surface area (Å²) in [5.74, 6) is 2.92. The Kier molecular flexibility index (Phi) is 4.57. The molecule has 6 atom stereocenters. The molecule has 3 heteroatoms. The first-order valence-electron chi connectivity index (χ1n) is 10.0. The van der Waals surface area contributed by atoms with Crippen molar-refractivity contribution in [2.75, 3.05) is 13.7 Å². The maximum absolute atomic E-state index is 10.7. The third-order valence-corrected chi connectivity index (χ3v) is 7.70. The van der Waals surface area contributed by atoms with E-state index in [9.17, 15) is 10.2 Å². The van der Waals surface area contributed by atoms with Gasteiger partial charge in [0.25, 0.3) is 0 Å². The molecule has 1 aromatic carbocycles. The predicted octanol–water partition coefficient (Wildman–Crippen LogP) is 4.26. The summed E-state index contributed by atoms with van der Waals surface area (Å²) in [7, 11) is 1.78. The Hall–Kier alpha value is -1.06. The molecule has 2 saturated carbocycles. The van der Waals surface area contributed by atoms with Gasteiger partial charge in [0.1, 0.15) is 5.75 Å². The van der Waals surface area contributed by atoms with Crippen molar-refractivity contribution in [1.82, 2.24) is 0 Å². The van der Waals surface area contributed by atoms with Gasteiger partial charge in [0, 0.05) is 13.7 Å². The van der Waals surface area contributed by atoms with E-state index in [-0.39, 0.29) is 11.5 Å². The van der Waals surface area contributed by atoms with Gasteiger partial charge in [-0.15, -0.1) is 0 Å². The SMILES string of the molecule is COCCC[C@H]1CC2(C)C(O)CCC2C2CCc3cc(O)ccc3C21. The molecule has 2 N–H and O–H groups in total. The van der Waals surface area contributed by atoms with E-state index < -0.39 is 0 Å². The first-order chi connectivity index (χ1) is 12.0. The van der Waals surface area contributed by atoms with Gasteiger partial charge in [0.2, 0.25) is 0 Å². The quantitative estimate of drug-likeness (QED) is 0.802. The second kappa shape index (κ2) is 6.59. The lowest BCUT2D eigenvalue weighted by atomic mass is 9.51. The van der Waals surface area contributed by atoms with Crippen LogP contribution in [0.4, 0.5) is 0 Å². The molecular weight excluding hydrogens is 312 g/mol. The number of methoxy groups -OCH3 is 1. The van der Waals surface area contributed by atoms with Crippen molar-refractivity contribution in [3.63, 3.8) is 0 Å². The lowest BCUT2D eigenvalue weighted by Crippen LogP contribution is -2.48. The van der Waals surface area contributed by atoms with Crippen molar-refractivity contribution < 1.29 is 14.9 Å². The number of phenolic OH excluding ortho intramolecular Hbond substituents is 1. The number of aliphatic hydroxyl groups excluding tert-OH is 1. The highest BCUT2D eigenvalue weighted by atomic mass is 16.5. The molecule has 5 unspecified atom stereocenters. The molecule has 3 nitrogen and oxygen atoms in total. The van der Waals surface area contributed by atoms with E-state index in [0.717, 1.165) is 32.3 Å². The van der Waals surface area contributed by atoms with Crippen molar-refractivity contribution in [3.05, 3.63) is 29.3 Å². The van der Waals surface area contributed by atoms with Crippen LogP contribution in [0.25, 0.3) is 0 Å². The summed E-state index contributed by atoms with van der Waals surface area (Å²) in [6.07, 6.45) is 7.68. The molecule has 0 aliphatic heterocycles. The second-order valence-electron chi connectivity index (χ2n) is 8.92. The fourth-order valence-electron chi connectivity index (χ4n) is 6.62. The Morgan fingerprint density at radius 1 is 1.24 bits per heavy atom. The fourth-order valence-corrected chi connectivity index (χ4v) is 6.62. The van der Waals surface area contributed by atoms with Crippen LogP contribution in [0.15, 0.2) is 18.2 Å². The summed E-state index contributed by atoms with van der Waals surface area (Å²) in [6, 6.07) is 6.03. The van der Waals surface area contributed by atoms with Crippen molar-refractivity contribution in [2.45, 2.75) is 63.9 Å². The van der Waals surface area contributed by atoms with E-state index in [1.165, 1.54) is 30.4 Å². The zero-order valence-electron chi connectivity index (χ0n) is 15.6. The zero-order chi connectivity index (χ0) is 17.6. The molecular formula is C22H32O3. The van der Waals surface area contributed by atoms with E-state index in [1.54, 1.807) is 7.11 Å². The van der Waals surface area contributed by atoms with Crippen molar-refractivity contribution in [3.8, 4) is 5.75 Å². The smallest absolute Gasteiger partial charge is 0.115 e. The Morgan fingerprint density at radius 3 is 2.88 bits per heavy atom. The van der Waals surface area contributed by atoms with Crippen LogP contribution in [-0.2, 0) is 11.2 Å². The number of hydrogen-bond donors (Lipinski definition) is 2. The van der Waals surface area contributed by atoms with E-state index in [4.69, 9.17) is 4.74 Å². The molecule has 2 fully saturated rings. The topological polar surface area (TPSA) is 49.7 Å². The van der Waals surface area contributed by atoms with Crippen LogP contribution in [0.2, 0.25) is 0 Å². The Labute approximate surface area is 151 Å². The average molecular weight is 344 g/mol. The van der Waals surface area contributed by atoms with Crippen LogP contribution in [0.3, 0.4) is 0 Å². The molecule has 0 saturated heterocycles. The largest absolute Gasteiger partial charge is 0.508 e. The molecule has 0 aromatic heterocycles. The van der Waals surface area contributed by atoms with Crippen molar-refractivity contribution in [2.24, 2.45) is 23.2 Å². The van der Waals surface area contributed by atoms with Gasteiger partial charge in [-0.2, -0.15) is 0 Å². The van der Waals surface area contributed by atoms with Crippen LogP contribution in [-0.4, -0.2) is 30.0 Å². The van der Waals surface area contributed by atoms with Crippen LogP contribution < -0.4 is 0 Å². The molecule has 1 aromatic rings. The van der Waals surface area contributed by atoms with Crippen molar-refractivity contribution in [1.29, 1.82) is 0 Å². The first kappa shape index (κ1) is 17.4. The maximum atomic E-state index is 10.7. The van der Waals surface area contributed by atoms with Gasteiger partial charge in [-0.05, 0) is 97.3 Å². The average Bonchev–Trinajstić information content (AvgIpc) is 2.89. The number of benzene rings is 1. The number of ether oxygens (including phenoxy) is 1. The molecule has 0 bridgehead atoms. The number of phenols is 1. The van der Waals surface area contributed by atoms with Gasteiger partial charge >= 0.3 is 0 Å². The number of aryl methyl sites for hydroxylation is 1. The third kappa shape index (κ3) is 2.80. The van der Waals surface area contributed by atoms with Crippen LogP contribution >= 0.6 is 0 Å².